The van der Waals surface area contributed by atoms with Crippen molar-refractivity contribution in [1.82, 2.24) is 40.0 Å². The van der Waals surface area contributed by atoms with Gasteiger partial charge in [-0.25, -0.2) is 5.43 Å². The number of hydrogen-bond acceptors (Lipinski definition) is 10. The van der Waals surface area contributed by atoms with E-state index in [2.05, 4.69) is 66.2 Å². The third kappa shape index (κ3) is 9.93. The summed E-state index contributed by atoms with van der Waals surface area (Å²) in [4.78, 5) is 89.9. The number of aromatic nitrogens is 2. The van der Waals surface area contributed by atoms with Gasteiger partial charge in [-0.1, -0.05) is 46.8 Å². The minimum absolute atomic E-state index is 0.0220. The van der Waals surface area contributed by atoms with Crippen LogP contribution < -0.4 is 10.7 Å². The number of hydrazine groups is 1. The molecule has 2 aromatic heterocycles. The van der Waals surface area contributed by atoms with E-state index < -0.39 is 59.2 Å². The Morgan fingerprint density at radius 1 is 1.05 bits per heavy atom. The van der Waals surface area contributed by atoms with Gasteiger partial charge in [-0.2, -0.15) is 0 Å². The first-order valence-electron chi connectivity index (χ1n) is 23.1. The number of carbonyl (C=O) groups excluding carboxylic acids is 6. The second kappa shape index (κ2) is 19.3. The van der Waals surface area contributed by atoms with Crippen molar-refractivity contribution in [2.75, 3.05) is 40.3 Å². The van der Waals surface area contributed by atoms with Crippen molar-refractivity contribution in [3.05, 3.63) is 71.5 Å². The third-order valence-corrected chi connectivity index (χ3v) is 13.2. The molecule has 3 aliphatic heterocycles. The van der Waals surface area contributed by atoms with E-state index in [-0.39, 0.29) is 43.7 Å². The Morgan fingerprint density at radius 3 is 2.48 bits per heavy atom. The number of benzene rings is 2. The number of pyridine rings is 1. The first-order valence-corrected chi connectivity index (χ1v) is 23.1. The summed E-state index contributed by atoms with van der Waals surface area (Å²) < 4.78 is 8.39. The molecule has 0 unspecified atom stereocenters. The maximum atomic E-state index is 14.7. The van der Waals surface area contributed by atoms with Crippen LogP contribution in [0.25, 0.3) is 33.3 Å². The van der Waals surface area contributed by atoms with E-state index in [1.165, 1.54) is 46.3 Å². The van der Waals surface area contributed by atoms with Gasteiger partial charge in [-0.05, 0) is 96.7 Å². The average molecular weight is 905 g/mol. The number of fused-ring (bicyclic) bond motifs is 6. The Labute approximate surface area is 386 Å². The Morgan fingerprint density at radius 2 is 1.80 bits per heavy atom. The number of nitrogens with zero attached hydrogens (tertiary/aromatic N) is 6. The molecule has 5 amide bonds. The van der Waals surface area contributed by atoms with E-state index in [1.54, 1.807) is 26.0 Å². The van der Waals surface area contributed by atoms with Crippen LogP contribution in [0.3, 0.4) is 0 Å². The SMILES string of the molecule is CCc1ccncc1-c1c2c3cc(ccc3n1CC)-c1cc(O)cc(c1)C[C@H](NC(=O)[C@H](C(C)C)N(C)C(=O)CN(C)C(=O)[C@@H]1CN1C(C)=O)C(=O)N1CCC[C@H](N1)C(=O)OCC(C)(C)C2. The van der Waals surface area contributed by atoms with Crippen LogP contribution >= 0.6 is 0 Å². The Kier molecular flexibility index (Phi) is 13.9. The molecule has 16 heteroatoms. The molecule has 0 radical (unpaired) electrons. The fraction of sp³-hybridized carbons (Fsp3) is 0.500. The summed E-state index contributed by atoms with van der Waals surface area (Å²) in [6.45, 7) is 14.4. The topological polar surface area (TPSA) is 186 Å². The molecule has 0 aliphatic carbocycles. The molecule has 16 nitrogen and oxygen atoms in total. The monoisotopic (exact) mass is 904 g/mol. The average Bonchev–Trinajstić information content (AvgIpc) is 4.04. The predicted molar refractivity (Wildman–Crippen MR) is 249 cm³/mol. The van der Waals surface area contributed by atoms with E-state index in [4.69, 9.17) is 4.74 Å². The molecule has 0 spiro atoms. The molecule has 6 bridgehead atoms. The van der Waals surface area contributed by atoms with E-state index >= 15 is 0 Å². The smallest absolute Gasteiger partial charge is 0.324 e. The molecule has 66 heavy (non-hydrogen) atoms. The van der Waals surface area contributed by atoms with E-state index in [9.17, 15) is 33.9 Å². The fourth-order valence-corrected chi connectivity index (χ4v) is 9.64. The maximum absolute atomic E-state index is 14.7. The molecule has 4 aromatic rings. The van der Waals surface area contributed by atoms with Crippen molar-refractivity contribution in [2.24, 2.45) is 11.3 Å². The quantitative estimate of drug-likeness (QED) is 0.151. The molecule has 5 heterocycles. The van der Waals surface area contributed by atoms with Crippen LogP contribution in [0.5, 0.6) is 5.75 Å². The highest BCUT2D eigenvalue weighted by Gasteiger charge is 2.45. The zero-order chi connectivity index (χ0) is 47.8. The van der Waals surface area contributed by atoms with Crippen LogP contribution in [0, 0.1) is 11.3 Å². The Hall–Kier alpha value is -6.29. The van der Waals surface area contributed by atoms with Gasteiger partial charge < -0.3 is 34.4 Å². The number of cyclic esters (lactones) is 1. The van der Waals surface area contributed by atoms with Gasteiger partial charge in [0.1, 0.15) is 29.9 Å². The van der Waals surface area contributed by atoms with Gasteiger partial charge in [0, 0.05) is 74.8 Å². The molecule has 4 atom stereocenters. The van der Waals surface area contributed by atoms with Crippen LogP contribution in [0.4, 0.5) is 0 Å². The first-order chi connectivity index (χ1) is 31.3. The normalized spacial score (nSPS) is 20.1. The predicted octanol–water partition coefficient (Wildman–Crippen LogP) is 4.48. The molecule has 2 aromatic carbocycles. The van der Waals surface area contributed by atoms with E-state index in [0.29, 0.717) is 43.5 Å². The minimum Gasteiger partial charge on any atom is -0.508 e. The van der Waals surface area contributed by atoms with Crippen molar-refractivity contribution in [1.29, 1.82) is 0 Å². The molecule has 2 saturated heterocycles. The van der Waals surface area contributed by atoms with Crippen molar-refractivity contribution in [3.63, 3.8) is 0 Å². The molecule has 352 valence electrons. The molecular weight excluding hydrogens is 841 g/mol. The standard InChI is InChI=1S/C50H64N8O8/c1-10-32-16-17-51-25-38(32)45-37-24-50(6,7)28-66-49(65)39-13-12-18-58(53-39)47(63)40(21-31-19-34(22-35(60)20-31)33-14-15-41(36(37)23-33)56(45)11-2)52-46(62)44(29(3)4)55(9)43(61)27-54(8)48(64)42-26-57(42)30(5)59/h14-17,19-20,22-23,25,29,39-40,42,44,53,60H,10-13,18,21,24,26-28H2,1-9H3,(H,52,62)/t39-,40-,42-,44-,57?/m0/s1. The maximum Gasteiger partial charge on any atom is 0.324 e. The summed E-state index contributed by atoms with van der Waals surface area (Å²) in [6.07, 6.45) is 6.01. The van der Waals surface area contributed by atoms with Gasteiger partial charge in [-0.3, -0.25) is 38.8 Å². The summed E-state index contributed by atoms with van der Waals surface area (Å²) >= 11 is 0. The van der Waals surface area contributed by atoms with Gasteiger partial charge >= 0.3 is 5.97 Å². The van der Waals surface area contributed by atoms with Crippen molar-refractivity contribution >= 4 is 46.4 Å². The highest BCUT2D eigenvalue weighted by atomic mass is 16.5. The number of likely N-dealkylation sites (N-methyl/N-ethyl adjacent to an activating group) is 2. The largest absolute Gasteiger partial charge is 0.508 e. The minimum atomic E-state index is -1.20. The van der Waals surface area contributed by atoms with Crippen LogP contribution in [0.2, 0.25) is 0 Å². The van der Waals surface area contributed by atoms with Crippen molar-refractivity contribution < 1.29 is 38.6 Å². The Balaban J connectivity index is 1.27. The number of aromatic hydroxyl groups is 1. The number of phenolic OH excluding ortho intramolecular Hbond substituents is 1. The number of amides is 5. The highest BCUT2D eigenvalue weighted by Crippen LogP contribution is 2.41. The van der Waals surface area contributed by atoms with E-state index in [1.807, 2.05) is 24.5 Å². The van der Waals surface area contributed by atoms with Crippen molar-refractivity contribution in [3.8, 4) is 28.1 Å². The summed E-state index contributed by atoms with van der Waals surface area (Å²) in [7, 11) is 2.97. The number of aryl methyl sites for hydroxylation is 2. The van der Waals surface area contributed by atoms with Crippen LogP contribution in [0.1, 0.15) is 78.0 Å². The number of esters is 1. The fourth-order valence-electron chi connectivity index (χ4n) is 9.64. The molecular formula is C50H64N8O8. The number of carbonyl (C=O) groups is 6. The third-order valence-electron chi connectivity index (χ3n) is 13.2. The second-order valence-corrected chi connectivity index (χ2v) is 19.2. The summed E-state index contributed by atoms with van der Waals surface area (Å²) in [6, 6.07) is 9.78. The summed E-state index contributed by atoms with van der Waals surface area (Å²) in [5.74, 6) is -3.12. The molecule has 3 aliphatic rings. The second-order valence-electron chi connectivity index (χ2n) is 19.2. The molecule has 0 saturated carbocycles. The summed E-state index contributed by atoms with van der Waals surface area (Å²) in [5, 5.41) is 16.6. The van der Waals surface area contributed by atoms with Gasteiger partial charge in [0.05, 0.1) is 25.4 Å². The van der Waals surface area contributed by atoms with Crippen molar-refractivity contribution in [2.45, 2.75) is 111 Å². The van der Waals surface area contributed by atoms with Gasteiger partial charge in [0.15, 0.2) is 0 Å². The van der Waals surface area contributed by atoms with E-state index in [0.717, 1.165) is 39.7 Å². The number of ether oxygens (including phenoxy) is 1. The lowest BCUT2D eigenvalue weighted by Crippen LogP contribution is -2.62. The number of nitrogens with one attached hydrogen (secondary N) is 2. The van der Waals surface area contributed by atoms with Gasteiger partial charge in [0.2, 0.25) is 23.6 Å². The van der Waals surface area contributed by atoms with Gasteiger partial charge in [-0.15, -0.1) is 0 Å². The van der Waals surface area contributed by atoms with Crippen LogP contribution in [-0.2, 0) is 59.3 Å². The Bertz CT molecular complexity index is 2550. The lowest BCUT2D eigenvalue weighted by molar-refractivity contribution is -0.155. The highest BCUT2D eigenvalue weighted by molar-refractivity contribution is 5.97. The number of hydrogen-bond donors (Lipinski definition) is 3. The van der Waals surface area contributed by atoms with Gasteiger partial charge in [0.25, 0.3) is 5.91 Å². The zero-order valence-electron chi connectivity index (χ0n) is 39.6. The summed E-state index contributed by atoms with van der Waals surface area (Å²) in [5.41, 5.74) is 10.1. The number of phenols is 1. The molecule has 3 N–H and O–H groups in total. The number of rotatable bonds is 10. The molecule has 2 fully saturated rings. The van der Waals surface area contributed by atoms with Crippen LogP contribution in [0.15, 0.2) is 54.9 Å². The zero-order valence-corrected chi connectivity index (χ0v) is 39.6. The lowest BCUT2D eigenvalue weighted by atomic mass is 9.84. The first kappa shape index (κ1) is 47.7. The lowest BCUT2D eigenvalue weighted by Gasteiger charge is -2.37. The van der Waals surface area contributed by atoms with Crippen LogP contribution in [-0.4, -0.2) is 134 Å². The molecule has 7 rings (SSSR count).